The minimum atomic E-state index is -3.96. The number of nitrogens with one attached hydrogen (secondary N) is 2. The third-order valence-electron chi connectivity index (χ3n) is 4.70. The second-order valence-corrected chi connectivity index (χ2v) is 8.62. The minimum absolute atomic E-state index is 0.153. The fourth-order valence-electron chi connectivity index (χ4n) is 3.19. The molecule has 1 aliphatic rings. The Morgan fingerprint density at radius 2 is 1.89 bits per heavy atom. The molecule has 148 valence electrons. The van der Waals surface area contributed by atoms with E-state index < -0.39 is 21.7 Å². The lowest BCUT2D eigenvalue weighted by Gasteiger charge is -2.27. The Labute approximate surface area is 163 Å². The van der Waals surface area contributed by atoms with E-state index in [0.717, 1.165) is 25.7 Å². The van der Waals surface area contributed by atoms with E-state index in [9.17, 15) is 17.6 Å². The summed E-state index contributed by atoms with van der Waals surface area (Å²) in [6.07, 6.45) is 5.35. The zero-order valence-corrected chi connectivity index (χ0v) is 16.2. The van der Waals surface area contributed by atoms with Gasteiger partial charge in [-0.2, -0.15) is 0 Å². The van der Waals surface area contributed by atoms with Gasteiger partial charge >= 0.3 is 0 Å². The Morgan fingerprint density at radius 1 is 1.25 bits per heavy atom. The van der Waals surface area contributed by atoms with Gasteiger partial charge in [-0.15, -0.1) is 0 Å². The summed E-state index contributed by atoms with van der Waals surface area (Å²) in [4.78, 5) is 20.9. The molecule has 28 heavy (non-hydrogen) atoms. The maximum Gasteiger partial charge on any atom is 0.285 e. The molecule has 0 atom stereocenters. The van der Waals surface area contributed by atoms with E-state index >= 15 is 0 Å². The third kappa shape index (κ3) is 4.53. The number of halogens is 1. The van der Waals surface area contributed by atoms with Gasteiger partial charge in [-0.25, -0.2) is 27.5 Å². The van der Waals surface area contributed by atoms with Gasteiger partial charge in [0.1, 0.15) is 17.2 Å². The van der Waals surface area contributed by atoms with Gasteiger partial charge in [0.2, 0.25) is 0 Å². The molecule has 0 aliphatic heterocycles. The molecule has 0 bridgehead atoms. The van der Waals surface area contributed by atoms with Crippen molar-refractivity contribution in [2.75, 3.05) is 5.32 Å². The second-order valence-electron chi connectivity index (χ2n) is 6.99. The van der Waals surface area contributed by atoms with E-state index in [1.54, 1.807) is 0 Å². The van der Waals surface area contributed by atoms with Crippen LogP contribution in [0.1, 0.15) is 43.1 Å². The molecule has 0 unspecified atom stereocenters. The van der Waals surface area contributed by atoms with Crippen molar-refractivity contribution in [3.8, 4) is 11.3 Å². The highest BCUT2D eigenvalue weighted by Gasteiger charge is 2.30. The summed E-state index contributed by atoms with van der Waals surface area (Å²) in [6.45, 7) is 5.24. The van der Waals surface area contributed by atoms with E-state index in [-0.39, 0.29) is 11.2 Å². The van der Waals surface area contributed by atoms with Crippen LogP contribution in [-0.4, -0.2) is 29.8 Å². The number of benzene rings is 1. The van der Waals surface area contributed by atoms with Crippen molar-refractivity contribution in [3.05, 3.63) is 54.0 Å². The highest BCUT2D eigenvalue weighted by atomic mass is 32.2. The fourth-order valence-corrected chi connectivity index (χ4v) is 3.63. The Bertz CT molecular complexity index is 1000. The highest BCUT2D eigenvalue weighted by molar-refractivity contribution is 7.92. The monoisotopic (exact) mass is 404 g/mol. The van der Waals surface area contributed by atoms with Gasteiger partial charge in [0.15, 0.2) is 5.82 Å². The quantitative estimate of drug-likeness (QED) is 0.767. The van der Waals surface area contributed by atoms with Crippen molar-refractivity contribution in [1.82, 2.24) is 14.7 Å². The SMILES string of the molecule is C=CS(=O)(=O)NC(=O)c1cnc(NC2(C)CCCC2)c(-c2ccc(F)cc2)n1. The molecule has 0 radical (unpaired) electrons. The molecule has 2 aromatic rings. The topological polar surface area (TPSA) is 101 Å². The van der Waals surface area contributed by atoms with E-state index in [1.165, 1.54) is 30.5 Å². The van der Waals surface area contributed by atoms with Crippen molar-refractivity contribution < 1.29 is 17.6 Å². The lowest BCUT2D eigenvalue weighted by molar-refractivity contribution is 0.0976. The van der Waals surface area contributed by atoms with Crippen LogP contribution >= 0.6 is 0 Å². The summed E-state index contributed by atoms with van der Waals surface area (Å²) in [5.74, 6) is -0.867. The van der Waals surface area contributed by atoms with Gasteiger partial charge in [-0.1, -0.05) is 19.4 Å². The molecule has 1 fully saturated rings. The zero-order valence-electron chi connectivity index (χ0n) is 15.4. The summed E-state index contributed by atoms with van der Waals surface area (Å²) >= 11 is 0. The summed E-state index contributed by atoms with van der Waals surface area (Å²) in [5, 5.41) is 4.03. The first-order chi connectivity index (χ1) is 13.2. The number of hydrogen-bond donors (Lipinski definition) is 2. The molecule has 1 aliphatic carbocycles. The van der Waals surface area contributed by atoms with Gasteiger partial charge in [-0.3, -0.25) is 4.79 Å². The molecule has 0 saturated heterocycles. The minimum Gasteiger partial charge on any atom is -0.363 e. The molecule has 7 nitrogen and oxygen atoms in total. The first-order valence-electron chi connectivity index (χ1n) is 8.82. The fraction of sp³-hybridized carbons (Fsp3) is 0.316. The van der Waals surface area contributed by atoms with Crippen molar-refractivity contribution in [3.63, 3.8) is 0 Å². The molecule has 2 N–H and O–H groups in total. The van der Waals surface area contributed by atoms with E-state index in [1.807, 2.05) is 4.72 Å². The molecule has 1 aromatic carbocycles. The third-order valence-corrected chi connectivity index (χ3v) is 5.61. The van der Waals surface area contributed by atoms with Crippen LogP contribution in [0.5, 0.6) is 0 Å². The van der Waals surface area contributed by atoms with E-state index in [2.05, 4.69) is 28.8 Å². The van der Waals surface area contributed by atoms with Crippen molar-refractivity contribution in [2.45, 2.75) is 38.1 Å². The van der Waals surface area contributed by atoms with Crippen molar-refractivity contribution in [1.29, 1.82) is 0 Å². The van der Waals surface area contributed by atoms with Crippen molar-refractivity contribution >= 4 is 21.7 Å². The predicted octanol–water partition coefficient (Wildman–Crippen LogP) is 3.23. The Balaban J connectivity index is 2.01. The molecule has 9 heteroatoms. The molecular formula is C19H21FN4O3S. The Kier molecular flexibility index (Phi) is 5.46. The summed E-state index contributed by atoms with van der Waals surface area (Å²) in [5.41, 5.74) is 0.572. The summed E-state index contributed by atoms with van der Waals surface area (Å²) in [6, 6.07) is 5.63. The molecule has 1 amide bonds. The number of rotatable bonds is 6. The average Bonchev–Trinajstić information content (AvgIpc) is 3.08. The standard InChI is InChI=1S/C19H21FN4O3S/c1-3-28(26,27)24-18(25)15-12-21-17(23-19(2)10-4-5-11-19)16(22-15)13-6-8-14(20)9-7-13/h3,6-9,12H,1,4-5,10-11H2,2H3,(H,21,23)(H,24,25). The molecule has 0 spiro atoms. The molecular weight excluding hydrogens is 383 g/mol. The van der Waals surface area contributed by atoms with Crippen LogP contribution in [0.2, 0.25) is 0 Å². The normalized spacial score (nSPS) is 15.8. The zero-order chi connectivity index (χ0) is 20.4. The first kappa shape index (κ1) is 19.9. The number of nitrogens with zero attached hydrogens (tertiary/aromatic N) is 2. The van der Waals surface area contributed by atoms with Gasteiger partial charge < -0.3 is 5.32 Å². The summed E-state index contributed by atoms with van der Waals surface area (Å²) < 4.78 is 38.3. The Hall–Kier alpha value is -2.81. The molecule has 1 aromatic heterocycles. The summed E-state index contributed by atoms with van der Waals surface area (Å²) in [7, 11) is -3.96. The maximum atomic E-state index is 13.3. The van der Waals surface area contributed by atoms with Crippen LogP contribution in [-0.2, 0) is 10.0 Å². The van der Waals surface area contributed by atoms with Crippen LogP contribution < -0.4 is 10.0 Å². The predicted molar refractivity (Wildman–Crippen MR) is 105 cm³/mol. The average molecular weight is 404 g/mol. The van der Waals surface area contributed by atoms with Crippen LogP contribution in [0.4, 0.5) is 10.2 Å². The van der Waals surface area contributed by atoms with Gasteiger partial charge in [0.25, 0.3) is 15.9 Å². The lowest BCUT2D eigenvalue weighted by atomic mass is 10.0. The van der Waals surface area contributed by atoms with Gasteiger partial charge in [-0.05, 0) is 44.0 Å². The van der Waals surface area contributed by atoms with Crippen molar-refractivity contribution in [2.24, 2.45) is 0 Å². The van der Waals surface area contributed by atoms with Gasteiger partial charge in [0.05, 0.1) is 6.20 Å². The Morgan fingerprint density at radius 3 is 2.50 bits per heavy atom. The number of anilines is 1. The number of amides is 1. The number of aromatic nitrogens is 2. The number of carbonyl (C=O) groups is 1. The smallest absolute Gasteiger partial charge is 0.285 e. The second kappa shape index (κ2) is 7.67. The molecule has 1 heterocycles. The molecule has 3 rings (SSSR count). The van der Waals surface area contributed by atoms with Gasteiger partial charge in [0, 0.05) is 16.5 Å². The number of sulfonamides is 1. The largest absolute Gasteiger partial charge is 0.363 e. The number of hydrogen-bond acceptors (Lipinski definition) is 6. The maximum absolute atomic E-state index is 13.3. The van der Waals surface area contributed by atoms with Crippen LogP contribution in [0.3, 0.4) is 0 Å². The lowest BCUT2D eigenvalue weighted by Crippen LogP contribution is -2.32. The van der Waals surface area contributed by atoms with Crippen LogP contribution in [0.25, 0.3) is 11.3 Å². The van der Waals surface area contributed by atoms with Crippen LogP contribution in [0, 0.1) is 5.82 Å². The van der Waals surface area contributed by atoms with Crippen LogP contribution in [0.15, 0.2) is 42.4 Å². The molecule has 1 saturated carbocycles. The van der Waals surface area contributed by atoms with E-state index in [4.69, 9.17) is 0 Å². The van der Waals surface area contributed by atoms with E-state index in [0.29, 0.717) is 22.5 Å². The first-order valence-corrected chi connectivity index (χ1v) is 10.4. The highest BCUT2D eigenvalue weighted by Crippen LogP contribution is 2.35. The number of carbonyl (C=O) groups excluding carboxylic acids is 1.